The Hall–Kier alpha value is -0.670. The second-order valence-electron chi connectivity index (χ2n) is 5.90. The first-order chi connectivity index (χ1) is 7.28. The summed E-state index contributed by atoms with van der Waals surface area (Å²) in [6.45, 7) is 8.08. The fourth-order valence-electron chi connectivity index (χ4n) is 2.39. The van der Waals surface area contributed by atoms with E-state index in [-0.39, 0.29) is 29.2 Å². The van der Waals surface area contributed by atoms with Crippen LogP contribution in [0.2, 0.25) is 0 Å². The van der Waals surface area contributed by atoms with E-state index in [1.165, 1.54) is 0 Å². The third-order valence-electron chi connectivity index (χ3n) is 3.21. The van der Waals surface area contributed by atoms with Gasteiger partial charge >= 0.3 is 0 Å². The van der Waals surface area contributed by atoms with E-state index in [2.05, 4.69) is 0 Å². The van der Waals surface area contributed by atoms with Crippen LogP contribution in [0.3, 0.4) is 0 Å². The highest BCUT2D eigenvalue weighted by Gasteiger charge is 2.47. The summed E-state index contributed by atoms with van der Waals surface area (Å²) < 4.78 is 11.7. The highest BCUT2D eigenvalue weighted by molar-refractivity contribution is 5.91. The van der Waals surface area contributed by atoms with Gasteiger partial charge in [-0.3, -0.25) is 4.79 Å². The van der Waals surface area contributed by atoms with Gasteiger partial charge in [-0.15, -0.1) is 0 Å². The number of ether oxygens (including phenoxy) is 2. The van der Waals surface area contributed by atoms with Gasteiger partial charge in [0.2, 0.25) is 0 Å². The van der Waals surface area contributed by atoms with E-state index >= 15 is 0 Å². The van der Waals surface area contributed by atoms with Gasteiger partial charge in [0.05, 0.1) is 11.2 Å². The molecule has 1 aliphatic heterocycles. The lowest BCUT2D eigenvalue weighted by molar-refractivity contribution is -0.198. The molecule has 0 aromatic heterocycles. The molecule has 1 aliphatic carbocycles. The fourth-order valence-corrected chi connectivity index (χ4v) is 2.39. The summed E-state index contributed by atoms with van der Waals surface area (Å²) in [7, 11) is 0. The molecule has 2 rings (SSSR count). The monoisotopic (exact) mass is 224 g/mol. The first-order valence-electron chi connectivity index (χ1n) is 5.86. The number of allylic oxidation sites excluding steroid dienone is 1. The van der Waals surface area contributed by atoms with Crippen LogP contribution < -0.4 is 0 Å². The van der Waals surface area contributed by atoms with Crippen molar-refractivity contribution >= 4 is 5.78 Å². The fraction of sp³-hybridized carbons (Fsp3) is 0.769. The molecular formula is C13H20O3. The minimum atomic E-state index is -0.316. The van der Waals surface area contributed by atoms with E-state index in [1.807, 2.05) is 33.8 Å². The molecule has 3 heteroatoms. The van der Waals surface area contributed by atoms with Gasteiger partial charge in [-0.2, -0.15) is 0 Å². The second kappa shape index (κ2) is 3.67. The number of hydrogen-bond donors (Lipinski definition) is 0. The Morgan fingerprint density at radius 1 is 1.50 bits per heavy atom. The van der Waals surface area contributed by atoms with Gasteiger partial charge < -0.3 is 9.47 Å². The zero-order chi connectivity index (χ0) is 12.0. The van der Waals surface area contributed by atoms with E-state index in [0.717, 1.165) is 6.42 Å². The maximum absolute atomic E-state index is 11.4. The Morgan fingerprint density at radius 3 is 2.81 bits per heavy atom. The van der Waals surface area contributed by atoms with Crippen molar-refractivity contribution in [3.8, 4) is 0 Å². The molecule has 0 saturated carbocycles. The second-order valence-corrected chi connectivity index (χ2v) is 5.90. The van der Waals surface area contributed by atoms with Gasteiger partial charge in [-0.1, -0.05) is 0 Å². The predicted octanol–water partition coefficient (Wildman–Crippen LogP) is 2.45. The SMILES string of the molecule is CC(C)(C)O[C@H]1C[C@@H]2CC(=O)C=C[C@]2(C)O1. The van der Waals surface area contributed by atoms with Gasteiger partial charge in [-0.05, 0) is 39.8 Å². The molecule has 0 N–H and O–H groups in total. The highest BCUT2D eigenvalue weighted by atomic mass is 16.7. The molecule has 2 aliphatic rings. The molecule has 1 fully saturated rings. The van der Waals surface area contributed by atoms with E-state index in [0.29, 0.717) is 6.42 Å². The van der Waals surface area contributed by atoms with Crippen molar-refractivity contribution in [3.05, 3.63) is 12.2 Å². The summed E-state index contributed by atoms with van der Waals surface area (Å²) in [6.07, 6.45) is 4.72. The molecule has 16 heavy (non-hydrogen) atoms. The summed E-state index contributed by atoms with van der Waals surface area (Å²) in [6, 6.07) is 0. The molecule has 0 bridgehead atoms. The van der Waals surface area contributed by atoms with Gasteiger partial charge in [0.25, 0.3) is 0 Å². The molecule has 1 saturated heterocycles. The molecular weight excluding hydrogens is 204 g/mol. The van der Waals surface area contributed by atoms with Crippen LogP contribution in [0.5, 0.6) is 0 Å². The van der Waals surface area contributed by atoms with E-state index in [1.54, 1.807) is 6.08 Å². The van der Waals surface area contributed by atoms with Crippen LogP contribution in [-0.2, 0) is 14.3 Å². The normalized spacial score (nSPS) is 38.9. The largest absolute Gasteiger partial charge is 0.347 e. The molecule has 0 amide bonds. The zero-order valence-corrected chi connectivity index (χ0v) is 10.4. The lowest BCUT2D eigenvalue weighted by atomic mass is 9.81. The predicted molar refractivity (Wildman–Crippen MR) is 61.0 cm³/mol. The topological polar surface area (TPSA) is 35.5 Å². The minimum absolute atomic E-state index is 0.189. The van der Waals surface area contributed by atoms with Crippen molar-refractivity contribution in [1.82, 2.24) is 0 Å². The van der Waals surface area contributed by atoms with Crippen LogP contribution in [0.1, 0.15) is 40.5 Å². The van der Waals surface area contributed by atoms with E-state index < -0.39 is 0 Å². The van der Waals surface area contributed by atoms with Crippen molar-refractivity contribution in [2.45, 2.75) is 58.0 Å². The quantitative estimate of drug-likeness (QED) is 0.686. The number of hydrogen-bond acceptors (Lipinski definition) is 3. The van der Waals surface area contributed by atoms with Crippen molar-refractivity contribution in [3.63, 3.8) is 0 Å². The van der Waals surface area contributed by atoms with Crippen molar-refractivity contribution in [1.29, 1.82) is 0 Å². The molecule has 0 unspecified atom stereocenters. The minimum Gasteiger partial charge on any atom is -0.347 e. The molecule has 0 aromatic carbocycles. The maximum atomic E-state index is 11.4. The highest BCUT2D eigenvalue weighted by Crippen LogP contribution is 2.42. The number of ketones is 1. The lowest BCUT2D eigenvalue weighted by Gasteiger charge is -2.30. The van der Waals surface area contributed by atoms with Gasteiger partial charge in [0, 0.05) is 18.8 Å². The Labute approximate surface area is 96.8 Å². The summed E-state index contributed by atoms with van der Waals surface area (Å²) in [5, 5.41) is 0. The summed E-state index contributed by atoms with van der Waals surface area (Å²) in [5.41, 5.74) is -0.522. The molecule has 0 radical (unpaired) electrons. The van der Waals surface area contributed by atoms with Crippen LogP contribution in [0.15, 0.2) is 12.2 Å². The number of rotatable bonds is 1. The summed E-state index contributed by atoms with van der Waals surface area (Å²) >= 11 is 0. The van der Waals surface area contributed by atoms with Crippen LogP contribution in [-0.4, -0.2) is 23.3 Å². The Morgan fingerprint density at radius 2 is 2.19 bits per heavy atom. The third kappa shape index (κ3) is 2.36. The Balaban J connectivity index is 2.07. The number of fused-ring (bicyclic) bond motifs is 1. The van der Waals surface area contributed by atoms with Gasteiger partial charge in [0.1, 0.15) is 0 Å². The lowest BCUT2D eigenvalue weighted by Crippen LogP contribution is -2.34. The number of carbonyl (C=O) groups excluding carboxylic acids is 1. The number of carbonyl (C=O) groups is 1. The average Bonchev–Trinajstić information content (AvgIpc) is 2.38. The standard InChI is InChI=1S/C13H20O3/c1-12(2,3)15-11-8-9-7-10(14)5-6-13(9,4)16-11/h5-6,9,11H,7-8H2,1-4H3/t9-,11+,13-/m0/s1. The maximum Gasteiger partial charge on any atom is 0.159 e. The summed E-state index contributed by atoms with van der Waals surface area (Å²) in [4.78, 5) is 11.4. The Kier molecular flexibility index (Phi) is 2.71. The van der Waals surface area contributed by atoms with Gasteiger partial charge in [-0.25, -0.2) is 0 Å². The van der Waals surface area contributed by atoms with Crippen LogP contribution in [0.4, 0.5) is 0 Å². The van der Waals surface area contributed by atoms with E-state index in [4.69, 9.17) is 9.47 Å². The molecule has 3 nitrogen and oxygen atoms in total. The average molecular weight is 224 g/mol. The molecule has 0 aromatic rings. The molecule has 0 spiro atoms. The molecule has 1 heterocycles. The van der Waals surface area contributed by atoms with E-state index in [9.17, 15) is 4.79 Å². The van der Waals surface area contributed by atoms with Crippen LogP contribution in [0.25, 0.3) is 0 Å². The van der Waals surface area contributed by atoms with Crippen molar-refractivity contribution in [2.75, 3.05) is 0 Å². The van der Waals surface area contributed by atoms with Gasteiger partial charge in [0.15, 0.2) is 12.1 Å². The third-order valence-corrected chi connectivity index (χ3v) is 3.21. The first-order valence-corrected chi connectivity index (χ1v) is 5.86. The first kappa shape index (κ1) is 11.8. The van der Waals surface area contributed by atoms with Crippen molar-refractivity contribution in [2.24, 2.45) is 5.92 Å². The van der Waals surface area contributed by atoms with Crippen LogP contribution in [0, 0.1) is 5.92 Å². The summed E-state index contributed by atoms with van der Waals surface area (Å²) in [5.74, 6) is 0.458. The smallest absolute Gasteiger partial charge is 0.159 e. The Bertz CT molecular complexity index is 327. The zero-order valence-electron chi connectivity index (χ0n) is 10.4. The molecule has 3 atom stereocenters. The van der Waals surface area contributed by atoms with Crippen molar-refractivity contribution < 1.29 is 14.3 Å². The van der Waals surface area contributed by atoms with Crippen LogP contribution >= 0.6 is 0 Å². The molecule has 90 valence electrons.